The molecule has 0 fully saturated rings. The van der Waals surface area contributed by atoms with E-state index in [9.17, 15) is 9.59 Å². The second kappa shape index (κ2) is 6.28. The molecule has 6 heteroatoms. The van der Waals surface area contributed by atoms with E-state index in [2.05, 4.69) is 10.6 Å². The Balaban J connectivity index is 2.16. The van der Waals surface area contributed by atoms with Gasteiger partial charge < -0.3 is 15.7 Å². The predicted molar refractivity (Wildman–Crippen MR) is 82.2 cm³/mol. The highest BCUT2D eigenvalue weighted by Gasteiger charge is 2.12. The zero-order valence-electron chi connectivity index (χ0n) is 11.2. The number of carbonyl (C=O) groups excluding carboxylic acids is 1. The summed E-state index contributed by atoms with van der Waals surface area (Å²) >= 11 is 5.88. The third kappa shape index (κ3) is 3.73. The van der Waals surface area contributed by atoms with Crippen molar-refractivity contribution in [2.75, 3.05) is 10.6 Å². The maximum Gasteiger partial charge on any atom is 0.337 e. The summed E-state index contributed by atoms with van der Waals surface area (Å²) in [6.07, 6.45) is 0. The average Bonchev–Trinajstić information content (AvgIpc) is 2.43. The van der Waals surface area contributed by atoms with Crippen LogP contribution in [0.2, 0.25) is 5.02 Å². The van der Waals surface area contributed by atoms with Gasteiger partial charge in [-0.25, -0.2) is 9.59 Å². The predicted octanol–water partition coefficient (Wildman–Crippen LogP) is 3.99. The van der Waals surface area contributed by atoms with Gasteiger partial charge >= 0.3 is 12.0 Å². The van der Waals surface area contributed by atoms with E-state index >= 15 is 0 Å². The van der Waals surface area contributed by atoms with Gasteiger partial charge in [-0.05, 0) is 36.8 Å². The van der Waals surface area contributed by atoms with Gasteiger partial charge in [0.1, 0.15) is 0 Å². The minimum atomic E-state index is -1.11. The van der Waals surface area contributed by atoms with Crippen LogP contribution in [0.5, 0.6) is 0 Å². The molecule has 0 atom stereocenters. The molecule has 2 amide bonds. The second-order valence-corrected chi connectivity index (χ2v) is 4.83. The molecule has 0 aliphatic carbocycles. The Kier molecular flexibility index (Phi) is 4.45. The van der Waals surface area contributed by atoms with E-state index in [1.54, 1.807) is 30.3 Å². The molecule has 3 N–H and O–H groups in total. The number of anilines is 2. The van der Waals surface area contributed by atoms with Gasteiger partial charge in [0.15, 0.2) is 0 Å². The van der Waals surface area contributed by atoms with E-state index in [0.717, 1.165) is 5.56 Å². The van der Waals surface area contributed by atoms with Crippen LogP contribution >= 0.6 is 11.6 Å². The van der Waals surface area contributed by atoms with Gasteiger partial charge in [0.25, 0.3) is 0 Å². The largest absolute Gasteiger partial charge is 0.478 e. The van der Waals surface area contributed by atoms with Gasteiger partial charge in [0.2, 0.25) is 0 Å². The molecule has 0 saturated heterocycles. The summed E-state index contributed by atoms with van der Waals surface area (Å²) in [6, 6.07) is 10.8. The molecule has 0 unspecified atom stereocenters. The number of urea groups is 1. The van der Waals surface area contributed by atoms with Crippen LogP contribution in [0.15, 0.2) is 42.5 Å². The number of para-hydroxylation sites is 1. The van der Waals surface area contributed by atoms with Crippen molar-refractivity contribution < 1.29 is 14.7 Å². The lowest BCUT2D eigenvalue weighted by molar-refractivity contribution is 0.0698. The highest BCUT2D eigenvalue weighted by atomic mass is 35.5. The monoisotopic (exact) mass is 304 g/mol. The highest BCUT2D eigenvalue weighted by molar-refractivity contribution is 6.31. The summed E-state index contributed by atoms with van der Waals surface area (Å²) in [7, 11) is 0. The van der Waals surface area contributed by atoms with Crippen molar-refractivity contribution in [3.05, 3.63) is 58.6 Å². The molecule has 5 nitrogen and oxygen atoms in total. The fourth-order valence-corrected chi connectivity index (χ4v) is 1.96. The Hall–Kier alpha value is -2.53. The summed E-state index contributed by atoms with van der Waals surface area (Å²) in [5, 5.41) is 14.7. The Labute approximate surface area is 126 Å². The van der Waals surface area contributed by atoms with Gasteiger partial charge in [-0.1, -0.05) is 29.8 Å². The first-order valence-electron chi connectivity index (χ1n) is 6.14. The minimum absolute atomic E-state index is 0.0236. The number of carboxylic acid groups (broad SMARTS) is 1. The van der Waals surface area contributed by atoms with Crippen molar-refractivity contribution in [1.82, 2.24) is 0 Å². The number of benzene rings is 2. The molecule has 0 aliphatic rings. The van der Waals surface area contributed by atoms with E-state index < -0.39 is 12.0 Å². The Morgan fingerprint density at radius 3 is 2.43 bits per heavy atom. The van der Waals surface area contributed by atoms with Crippen LogP contribution in [0.1, 0.15) is 15.9 Å². The Morgan fingerprint density at radius 1 is 1.05 bits per heavy atom. The number of carbonyl (C=O) groups is 2. The number of aromatic carboxylic acids is 1. The van der Waals surface area contributed by atoms with Crippen LogP contribution in [-0.4, -0.2) is 17.1 Å². The molecule has 108 valence electrons. The molecule has 0 aliphatic heterocycles. The highest BCUT2D eigenvalue weighted by Crippen LogP contribution is 2.21. The molecule has 0 aromatic heterocycles. The van der Waals surface area contributed by atoms with E-state index in [0.29, 0.717) is 10.7 Å². The molecule has 0 bridgehead atoms. The van der Waals surface area contributed by atoms with E-state index in [1.807, 2.05) is 6.92 Å². The molecule has 2 aromatic rings. The quantitative estimate of drug-likeness (QED) is 0.802. The van der Waals surface area contributed by atoms with Crippen LogP contribution < -0.4 is 10.6 Å². The summed E-state index contributed by atoms with van der Waals surface area (Å²) in [5.41, 5.74) is 1.66. The first-order valence-corrected chi connectivity index (χ1v) is 6.51. The van der Waals surface area contributed by atoms with Gasteiger partial charge in [0, 0.05) is 10.7 Å². The van der Waals surface area contributed by atoms with Crippen molar-refractivity contribution in [2.45, 2.75) is 6.92 Å². The number of hydrogen-bond donors (Lipinski definition) is 3. The smallest absolute Gasteiger partial charge is 0.337 e. The van der Waals surface area contributed by atoms with Gasteiger partial charge in [-0.3, -0.25) is 0 Å². The molecule has 0 radical (unpaired) electrons. The lowest BCUT2D eigenvalue weighted by Gasteiger charge is -2.11. The first-order chi connectivity index (χ1) is 9.97. The maximum absolute atomic E-state index is 12.0. The second-order valence-electron chi connectivity index (χ2n) is 4.39. The van der Waals surface area contributed by atoms with Crippen LogP contribution in [-0.2, 0) is 0 Å². The summed E-state index contributed by atoms with van der Waals surface area (Å²) in [5.74, 6) is -1.11. The molecular formula is C15H13ClN2O3. The number of halogens is 1. The molecule has 0 saturated carbocycles. The molecular weight excluding hydrogens is 292 g/mol. The molecule has 21 heavy (non-hydrogen) atoms. The minimum Gasteiger partial charge on any atom is -0.478 e. The lowest BCUT2D eigenvalue weighted by Crippen LogP contribution is -2.21. The first kappa shape index (κ1) is 14.9. The van der Waals surface area contributed by atoms with Crippen LogP contribution in [0.25, 0.3) is 0 Å². The maximum atomic E-state index is 12.0. The van der Waals surface area contributed by atoms with Gasteiger partial charge in [-0.15, -0.1) is 0 Å². The van der Waals surface area contributed by atoms with E-state index in [-0.39, 0.29) is 11.3 Å². The number of amides is 2. The normalized spacial score (nSPS) is 10.0. The van der Waals surface area contributed by atoms with Gasteiger partial charge in [0.05, 0.1) is 11.3 Å². The van der Waals surface area contributed by atoms with Crippen molar-refractivity contribution in [1.29, 1.82) is 0 Å². The summed E-state index contributed by atoms with van der Waals surface area (Å²) < 4.78 is 0. The standard InChI is InChI=1S/C15H13ClN2O3/c1-9-6-7-10(16)8-13(9)18-15(21)17-12-5-3-2-4-11(12)14(19)20/h2-8H,1H3,(H,19,20)(H2,17,18,21). The van der Waals surface area contributed by atoms with Crippen LogP contribution in [0.4, 0.5) is 16.2 Å². The number of aryl methyl sites for hydroxylation is 1. The van der Waals surface area contributed by atoms with Crippen LogP contribution in [0, 0.1) is 6.92 Å². The third-order valence-electron chi connectivity index (χ3n) is 2.85. The van der Waals surface area contributed by atoms with Crippen molar-refractivity contribution >= 4 is 35.0 Å². The summed E-state index contributed by atoms with van der Waals surface area (Å²) in [4.78, 5) is 23.0. The fourth-order valence-electron chi connectivity index (χ4n) is 1.78. The van der Waals surface area contributed by atoms with Crippen molar-refractivity contribution in [3.8, 4) is 0 Å². The molecule has 0 spiro atoms. The molecule has 0 heterocycles. The number of rotatable bonds is 3. The van der Waals surface area contributed by atoms with Crippen LogP contribution in [0.3, 0.4) is 0 Å². The van der Waals surface area contributed by atoms with Crippen molar-refractivity contribution in [3.63, 3.8) is 0 Å². The topological polar surface area (TPSA) is 78.4 Å². The zero-order chi connectivity index (χ0) is 15.4. The Morgan fingerprint density at radius 2 is 1.71 bits per heavy atom. The Bertz CT molecular complexity index is 701. The fraction of sp³-hybridized carbons (Fsp3) is 0.0667. The SMILES string of the molecule is Cc1ccc(Cl)cc1NC(=O)Nc1ccccc1C(=O)O. The summed E-state index contributed by atoms with van der Waals surface area (Å²) in [6.45, 7) is 1.83. The lowest BCUT2D eigenvalue weighted by atomic mass is 10.2. The van der Waals surface area contributed by atoms with E-state index in [1.165, 1.54) is 12.1 Å². The molecule has 2 rings (SSSR count). The zero-order valence-corrected chi connectivity index (χ0v) is 11.9. The van der Waals surface area contributed by atoms with Crippen molar-refractivity contribution in [2.24, 2.45) is 0 Å². The average molecular weight is 305 g/mol. The number of carboxylic acids is 1. The third-order valence-corrected chi connectivity index (χ3v) is 3.09. The number of nitrogens with one attached hydrogen (secondary N) is 2. The number of hydrogen-bond acceptors (Lipinski definition) is 2. The molecule has 2 aromatic carbocycles. The van der Waals surface area contributed by atoms with E-state index in [4.69, 9.17) is 16.7 Å². The van der Waals surface area contributed by atoms with Gasteiger partial charge in [-0.2, -0.15) is 0 Å².